The van der Waals surface area contributed by atoms with Gasteiger partial charge in [0.05, 0.1) is 11.8 Å². The molecule has 0 amide bonds. The zero-order valence-corrected chi connectivity index (χ0v) is 24.2. The topological polar surface area (TPSA) is 111 Å². The predicted octanol–water partition coefficient (Wildman–Crippen LogP) is 6.21. The van der Waals surface area contributed by atoms with Crippen LogP contribution in [-0.4, -0.2) is 28.4 Å². The van der Waals surface area contributed by atoms with Crippen LogP contribution in [0.5, 0.6) is 0 Å². The third kappa shape index (κ3) is 4.66. The minimum Gasteiger partial charge on any atom is -0.386 e. The normalized spacial score (nSPS) is 23.1. The van der Waals surface area contributed by atoms with Crippen molar-refractivity contribution in [3.63, 3.8) is 0 Å². The van der Waals surface area contributed by atoms with E-state index in [9.17, 15) is 9.59 Å². The zero-order chi connectivity index (χ0) is 29.3. The van der Waals surface area contributed by atoms with Gasteiger partial charge in [-0.2, -0.15) is 0 Å². The largest absolute Gasteiger partial charge is 0.386 e. The second-order valence-electron chi connectivity index (χ2n) is 10.4. The molecule has 4 N–H and O–H groups in total. The Morgan fingerprint density at radius 1 is 0.595 bits per heavy atom. The second kappa shape index (κ2) is 11.5. The lowest BCUT2D eigenvalue weighted by Crippen LogP contribution is -2.65. The van der Waals surface area contributed by atoms with E-state index < -0.39 is 27.8 Å². The highest BCUT2D eigenvalue weighted by Crippen LogP contribution is 2.64. The Balaban J connectivity index is 1.69. The van der Waals surface area contributed by atoms with E-state index in [0.29, 0.717) is 11.1 Å². The maximum absolute atomic E-state index is 14.8. The van der Waals surface area contributed by atoms with E-state index in [0.717, 1.165) is 11.1 Å². The Kier molecular flexibility index (Phi) is 7.58. The van der Waals surface area contributed by atoms with Crippen molar-refractivity contribution in [2.75, 3.05) is 0 Å². The molecular formula is C34H28N4O2S2. The fourth-order valence-electron chi connectivity index (χ4n) is 6.25. The van der Waals surface area contributed by atoms with Gasteiger partial charge in [0.2, 0.25) is 5.11 Å². The van der Waals surface area contributed by atoms with Crippen LogP contribution in [0.2, 0.25) is 0 Å². The van der Waals surface area contributed by atoms with Gasteiger partial charge in [0, 0.05) is 21.6 Å². The van der Waals surface area contributed by atoms with Crippen molar-refractivity contribution in [1.82, 2.24) is 0 Å². The number of nitrogens with zero attached hydrogens (tertiary/aromatic N) is 2. The Morgan fingerprint density at radius 3 is 1.29 bits per heavy atom. The van der Waals surface area contributed by atoms with Gasteiger partial charge in [-0.25, -0.2) is 9.98 Å². The molecule has 42 heavy (non-hydrogen) atoms. The lowest BCUT2D eigenvalue weighted by molar-refractivity contribution is 0.0719. The van der Waals surface area contributed by atoms with Gasteiger partial charge in [0.25, 0.3) is 0 Å². The number of thiocarbonyl (C=S) groups is 1. The number of rotatable bonds is 6. The molecule has 0 bridgehead atoms. The van der Waals surface area contributed by atoms with Crippen LogP contribution in [-0.2, 0) is 0 Å². The highest BCUT2D eigenvalue weighted by Gasteiger charge is 2.66. The number of hydrogen-bond donors (Lipinski definition) is 2. The minimum absolute atomic E-state index is 0.0295. The first-order valence-corrected chi connectivity index (χ1v) is 14.9. The van der Waals surface area contributed by atoms with Crippen molar-refractivity contribution in [2.45, 2.75) is 10.5 Å². The van der Waals surface area contributed by atoms with E-state index in [1.165, 1.54) is 0 Å². The number of amidine groups is 2. The van der Waals surface area contributed by atoms with E-state index in [1.807, 2.05) is 97.1 Å². The van der Waals surface area contributed by atoms with Crippen molar-refractivity contribution in [3.05, 3.63) is 144 Å². The van der Waals surface area contributed by atoms with Gasteiger partial charge in [0.15, 0.2) is 11.6 Å². The summed E-state index contributed by atoms with van der Waals surface area (Å²) in [5, 5.41) is -0.922. The molecule has 6 rings (SSSR count). The van der Waals surface area contributed by atoms with E-state index in [1.54, 1.807) is 36.0 Å². The molecule has 6 nitrogen and oxygen atoms in total. The van der Waals surface area contributed by atoms with Crippen LogP contribution in [0.4, 0.5) is 0 Å². The molecule has 208 valence electrons. The lowest BCUT2D eigenvalue weighted by atomic mass is 9.56. The summed E-state index contributed by atoms with van der Waals surface area (Å²) in [4.78, 5) is 38.5. The molecule has 0 radical (unpaired) electrons. The molecule has 2 aliphatic rings. The van der Waals surface area contributed by atoms with Gasteiger partial charge in [-0.05, 0) is 23.3 Å². The minimum atomic E-state index is -1.56. The van der Waals surface area contributed by atoms with Crippen LogP contribution in [0.15, 0.2) is 131 Å². The van der Waals surface area contributed by atoms with Crippen LogP contribution in [0, 0.1) is 17.3 Å². The molecule has 2 aliphatic heterocycles. The van der Waals surface area contributed by atoms with Crippen molar-refractivity contribution < 1.29 is 9.59 Å². The first-order valence-electron chi connectivity index (χ1n) is 13.6. The number of thioether (sulfide) groups is 1. The molecule has 1 saturated heterocycles. The van der Waals surface area contributed by atoms with Gasteiger partial charge in [-0.15, -0.1) is 11.8 Å². The number of Topliss-reactive ketones (excluding diaryl/α,β-unsaturated/α-hetero) is 2. The predicted molar refractivity (Wildman–Crippen MR) is 173 cm³/mol. The average Bonchev–Trinajstić information content (AvgIpc) is 3.04. The summed E-state index contributed by atoms with van der Waals surface area (Å²) in [5.41, 5.74) is 15.1. The molecule has 8 heteroatoms. The average molecular weight is 589 g/mol. The van der Waals surface area contributed by atoms with Crippen LogP contribution >= 0.6 is 24.0 Å². The third-order valence-electron chi connectivity index (χ3n) is 8.10. The maximum atomic E-state index is 14.8. The number of aliphatic imine (C=N–C) groups is 2. The van der Waals surface area contributed by atoms with Crippen molar-refractivity contribution in [2.24, 2.45) is 38.7 Å². The summed E-state index contributed by atoms with van der Waals surface area (Å²) in [7, 11) is 0. The summed E-state index contributed by atoms with van der Waals surface area (Å²) < 4.78 is 0. The van der Waals surface area contributed by atoms with Crippen molar-refractivity contribution in [1.29, 1.82) is 0 Å². The van der Waals surface area contributed by atoms with E-state index in [2.05, 4.69) is 9.98 Å². The standard InChI is InChI=1S/C34H28N4O2S2/c35-31-34(32(36)38-33(41)37-31)25(27(39)21-13-5-1-6-14-21)29(23-17-9-3-10-18-23)42-30(24-19-11-4-12-20-24)26(34)28(40)22-15-7-2-8-16-22/h1-20,25-26,29-30H,(H4,35,36,37,38,41). The smallest absolute Gasteiger partial charge is 0.222 e. The number of benzene rings is 4. The number of ketones is 2. The fourth-order valence-corrected chi connectivity index (χ4v) is 8.38. The van der Waals surface area contributed by atoms with Gasteiger partial charge in [-0.3, -0.25) is 9.59 Å². The van der Waals surface area contributed by atoms with Crippen LogP contribution in [0.25, 0.3) is 0 Å². The number of carbonyl (C=O) groups excluding carboxylic acids is 2. The summed E-state index contributed by atoms with van der Waals surface area (Å²) in [6.07, 6.45) is 0. The van der Waals surface area contributed by atoms with Gasteiger partial charge >= 0.3 is 0 Å². The van der Waals surface area contributed by atoms with Crippen molar-refractivity contribution in [3.8, 4) is 0 Å². The number of hydrogen-bond acceptors (Lipinski definition) is 6. The highest BCUT2D eigenvalue weighted by atomic mass is 32.2. The lowest BCUT2D eigenvalue weighted by Gasteiger charge is -2.54. The molecule has 4 aromatic carbocycles. The van der Waals surface area contributed by atoms with E-state index in [-0.39, 0.29) is 28.4 Å². The molecule has 1 spiro atoms. The molecule has 4 unspecified atom stereocenters. The summed E-state index contributed by atoms with van der Waals surface area (Å²) in [6.45, 7) is 0. The first kappa shape index (κ1) is 27.8. The summed E-state index contributed by atoms with van der Waals surface area (Å²) >= 11 is 6.92. The van der Waals surface area contributed by atoms with E-state index in [4.69, 9.17) is 23.7 Å². The Bertz CT molecular complexity index is 1570. The zero-order valence-electron chi connectivity index (χ0n) is 22.5. The van der Waals surface area contributed by atoms with Crippen LogP contribution in [0.3, 0.4) is 0 Å². The number of nitrogens with two attached hydrogens (primary N) is 2. The van der Waals surface area contributed by atoms with Gasteiger partial charge in [-0.1, -0.05) is 121 Å². The van der Waals surface area contributed by atoms with Gasteiger partial charge < -0.3 is 11.5 Å². The second-order valence-corrected chi connectivity index (χ2v) is 12.0. The maximum Gasteiger partial charge on any atom is 0.222 e. The molecular weight excluding hydrogens is 561 g/mol. The first-order chi connectivity index (χ1) is 20.4. The van der Waals surface area contributed by atoms with E-state index >= 15 is 0 Å². The summed E-state index contributed by atoms with van der Waals surface area (Å²) in [6, 6.07) is 37.7. The summed E-state index contributed by atoms with van der Waals surface area (Å²) in [5.74, 6) is -2.16. The molecule has 0 aromatic heterocycles. The third-order valence-corrected chi connectivity index (χ3v) is 9.96. The number of carbonyl (C=O) groups is 2. The fraction of sp³-hybridized carbons (Fsp3) is 0.147. The SMILES string of the molecule is NC1=NC(=S)N=C(N)C12C(C(=O)c1ccccc1)C(c1ccccc1)SC(c1ccccc1)C2C(=O)c1ccccc1. The van der Waals surface area contributed by atoms with Crippen LogP contribution < -0.4 is 11.5 Å². The Morgan fingerprint density at radius 2 is 0.929 bits per heavy atom. The molecule has 1 fully saturated rings. The monoisotopic (exact) mass is 588 g/mol. The molecule has 4 aromatic rings. The quantitative estimate of drug-likeness (QED) is 0.205. The molecule has 0 aliphatic carbocycles. The van der Waals surface area contributed by atoms with Crippen LogP contribution in [0.1, 0.15) is 42.3 Å². The van der Waals surface area contributed by atoms with Crippen molar-refractivity contribution >= 4 is 52.3 Å². The molecule has 0 saturated carbocycles. The highest BCUT2D eigenvalue weighted by molar-refractivity contribution is 7.99. The van der Waals surface area contributed by atoms with Gasteiger partial charge in [0.1, 0.15) is 17.1 Å². The molecule has 4 atom stereocenters. The molecule has 2 heterocycles. The Hall–Kier alpha value is -4.40. The Labute approximate surface area is 254 Å².